The Morgan fingerprint density at radius 2 is 2.10 bits per heavy atom. The zero-order chi connectivity index (χ0) is 15.7. The van der Waals surface area contributed by atoms with Crippen LogP contribution in [0.2, 0.25) is 0 Å². The molecule has 5 nitrogen and oxygen atoms in total. The highest BCUT2D eigenvalue weighted by molar-refractivity contribution is 6.17. The first-order chi connectivity index (χ1) is 10.1. The maximum Gasteiger partial charge on any atom is 0.333 e. The van der Waals surface area contributed by atoms with Crippen molar-refractivity contribution in [2.45, 2.75) is 45.0 Å². The summed E-state index contributed by atoms with van der Waals surface area (Å²) >= 11 is 5.69. The first-order valence-corrected chi connectivity index (χ1v) is 7.86. The highest BCUT2D eigenvalue weighted by atomic mass is 35.5. The summed E-state index contributed by atoms with van der Waals surface area (Å²) in [5, 5.41) is 10.4. The molecular formula is C15H25ClO5. The molecule has 0 aromatic heterocycles. The summed E-state index contributed by atoms with van der Waals surface area (Å²) < 4.78 is 15.7. The number of hydrogen-bond acceptors (Lipinski definition) is 5. The first-order valence-electron chi connectivity index (χ1n) is 7.32. The van der Waals surface area contributed by atoms with Crippen molar-refractivity contribution in [3.8, 4) is 0 Å². The molecule has 2 atom stereocenters. The van der Waals surface area contributed by atoms with Crippen molar-refractivity contribution in [1.82, 2.24) is 0 Å². The van der Waals surface area contributed by atoms with Gasteiger partial charge in [-0.1, -0.05) is 12.5 Å². The van der Waals surface area contributed by atoms with Crippen LogP contribution in [0.4, 0.5) is 0 Å². The van der Waals surface area contributed by atoms with Crippen molar-refractivity contribution in [2.24, 2.45) is 5.92 Å². The maximum absolute atomic E-state index is 11.3. The van der Waals surface area contributed by atoms with Crippen LogP contribution >= 0.6 is 11.6 Å². The average Bonchev–Trinajstić information content (AvgIpc) is 3.02. The molecule has 0 aromatic rings. The number of rotatable bonds is 9. The lowest BCUT2D eigenvalue weighted by molar-refractivity contribution is -0.136. The van der Waals surface area contributed by atoms with E-state index in [1.807, 2.05) is 0 Å². The zero-order valence-corrected chi connectivity index (χ0v) is 13.5. The number of halogens is 1. The van der Waals surface area contributed by atoms with E-state index in [1.54, 1.807) is 13.0 Å². The van der Waals surface area contributed by atoms with E-state index >= 15 is 0 Å². The second-order valence-electron chi connectivity index (χ2n) is 5.14. The standard InChI is InChI=1S/C15H25ClO5/c1-11(14(18)19-2)6-7-13(17)12(5-3-4-8-16)15-20-9-10-21-15/h6,12-13,15,17H,3-5,7-10H2,1-2H3/b11-6+/t12-,13-/m1/s1. The normalized spacial score (nSPS) is 19.5. The molecular weight excluding hydrogens is 296 g/mol. The lowest BCUT2D eigenvalue weighted by atomic mass is 9.92. The molecule has 0 aliphatic carbocycles. The molecule has 1 rings (SSSR count). The second kappa shape index (κ2) is 10.2. The third kappa shape index (κ3) is 6.34. The number of alkyl halides is 1. The van der Waals surface area contributed by atoms with Crippen LogP contribution in [0.5, 0.6) is 0 Å². The third-order valence-corrected chi connectivity index (χ3v) is 3.85. The summed E-state index contributed by atoms with van der Waals surface area (Å²) in [6, 6.07) is 0. The van der Waals surface area contributed by atoms with Crippen molar-refractivity contribution in [1.29, 1.82) is 0 Å². The number of aliphatic hydroxyl groups is 1. The molecule has 1 fully saturated rings. The molecule has 0 saturated carbocycles. The lowest BCUT2D eigenvalue weighted by Gasteiger charge is -2.26. The van der Waals surface area contributed by atoms with Gasteiger partial charge in [0.15, 0.2) is 6.29 Å². The van der Waals surface area contributed by atoms with E-state index in [4.69, 9.17) is 21.1 Å². The van der Waals surface area contributed by atoms with Gasteiger partial charge in [0.05, 0.1) is 26.4 Å². The van der Waals surface area contributed by atoms with Gasteiger partial charge < -0.3 is 19.3 Å². The van der Waals surface area contributed by atoms with Crippen molar-refractivity contribution in [3.05, 3.63) is 11.6 Å². The van der Waals surface area contributed by atoms with Gasteiger partial charge in [-0.25, -0.2) is 4.79 Å². The Bertz CT molecular complexity index is 339. The van der Waals surface area contributed by atoms with E-state index in [-0.39, 0.29) is 18.2 Å². The predicted molar refractivity (Wildman–Crippen MR) is 80.1 cm³/mol. The number of aliphatic hydroxyl groups excluding tert-OH is 1. The molecule has 1 aliphatic rings. The number of esters is 1. The largest absolute Gasteiger partial charge is 0.466 e. The molecule has 0 aromatic carbocycles. The minimum Gasteiger partial charge on any atom is -0.466 e. The molecule has 21 heavy (non-hydrogen) atoms. The summed E-state index contributed by atoms with van der Waals surface area (Å²) in [7, 11) is 1.34. The number of ether oxygens (including phenoxy) is 3. The van der Waals surface area contributed by atoms with Crippen molar-refractivity contribution < 1.29 is 24.1 Å². The molecule has 6 heteroatoms. The van der Waals surface area contributed by atoms with Gasteiger partial charge in [-0.3, -0.25) is 0 Å². The average molecular weight is 321 g/mol. The third-order valence-electron chi connectivity index (χ3n) is 3.59. The second-order valence-corrected chi connectivity index (χ2v) is 5.52. The van der Waals surface area contributed by atoms with Gasteiger partial charge in [0.2, 0.25) is 0 Å². The Morgan fingerprint density at radius 3 is 2.67 bits per heavy atom. The first kappa shape index (κ1) is 18.4. The Morgan fingerprint density at radius 1 is 1.43 bits per heavy atom. The summed E-state index contributed by atoms with van der Waals surface area (Å²) in [6.45, 7) is 2.78. The van der Waals surface area contributed by atoms with E-state index in [1.165, 1.54) is 7.11 Å². The number of methoxy groups -OCH3 is 1. The van der Waals surface area contributed by atoms with Crippen LogP contribution < -0.4 is 0 Å². The predicted octanol–water partition coefficient (Wildman–Crippen LogP) is 2.25. The van der Waals surface area contributed by atoms with Crippen LogP contribution in [0.25, 0.3) is 0 Å². The van der Waals surface area contributed by atoms with Gasteiger partial charge in [-0.15, -0.1) is 11.6 Å². The van der Waals surface area contributed by atoms with Crippen LogP contribution in [-0.4, -0.2) is 49.7 Å². The molecule has 1 N–H and O–H groups in total. The lowest BCUT2D eigenvalue weighted by Crippen LogP contribution is -2.32. The van der Waals surface area contributed by atoms with Crippen LogP contribution in [0.15, 0.2) is 11.6 Å². The Balaban J connectivity index is 2.57. The van der Waals surface area contributed by atoms with Gasteiger partial charge in [-0.2, -0.15) is 0 Å². The molecule has 0 spiro atoms. The smallest absolute Gasteiger partial charge is 0.333 e. The summed E-state index contributed by atoms with van der Waals surface area (Å²) in [5.74, 6) is 0.114. The number of carbonyl (C=O) groups excluding carboxylic acids is 1. The molecule has 0 radical (unpaired) electrons. The zero-order valence-electron chi connectivity index (χ0n) is 12.7. The molecule has 1 heterocycles. The Kier molecular flexibility index (Phi) is 8.92. The fraction of sp³-hybridized carbons (Fsp3) is 0.800. The highest BCUT2D eigenvalue weighted by Gasteiger charge is 2.31. The molecule has 1 aliphatic heterocycles. The van der Waals surface area contributed by atoms with Crippen LogP contribution in [0, 0.1) is 5.92 Å². The minimum absolute atomic E-state index is 0.114. The van der Waals surface area contributed by atoms with E-state index in [0.717, 1.165) is 19.3 Å². The number of unbranched alkanes of at least 4 members (excludes halogenated alkanes) is 1. The van der Waals surface area contributed by atoms with Gasteiger partial charge in [0.1, 0.15) is 0 Å². The summed E-state index contributed by atoms with van der Waals surface area (Å²) in [5.41, 5.74) is 0.490. The van der Waals surface area contributed by atoms with E-state index in [9.17, 15) is 9.90 Å². The molecule has 1 saturated heterocycles. The van der Waals surface area contributed by atoms with Gasteiger partial charge in [-0.05, 0) is 26.2 Å². The molecule has 0 unspecified atom stereocenters. The quantitative estimate of drug-likeness (QED) is 0.305. The Labute approximate surface area is 131 Å². The topological polar surface area (TPSA) is 65.0 Å². The highest BCUT2D eigenvalue weighted by Crippen LogP contribution is 2.26. The fourth-order valence-electron chi connectivity index (χ4n) is 2.32. The minimum atomic E-state index is -0.622. The fourth-order valence-corrected chi connectivity index (χ4v) is 2.51. The van der Waals surface area contributed by atoms with Gasteiger partial charge in [0.25, 0.3) is 0 Å². The maximum atomic E-state index is 11.3. The Hall–Kier alpha value is -0.620. The molecule has 0 bridgehead atoms. The summed E-state index contributed by atoms with van der Waals surface area (Å²) in [6.07, 6.45) is 3.66. The summed E-state index contributed by atoms with van der Waals surface area (Å²) in [4.78, 5) is 11.3. The van der Waals surface area contributed by atoms with Crippen molar-refractivity contribution >= 4 is 17.6 Å². The van der Waals surface area contributed by atoms with E-state index < -0.39 is 6.10 Å². The van der Waals surface area contributed by atoms with Crippen LogP contribution in [0.3, 0.4) is 0 Å². The molecule has 122 valence electrons. The number of carbonyl (C=O) groups is 1. The van der Waals surface area contributed by atoms with E-state index in [0.29, 0.717) is 31.1 Å². The van der Waals surface area contributed by atoms with Crippen LogP contribution in [-0.2, 0) is 19.0 Å². The van der Waals surface area contributed by atoms with E-state index in [2.05, 4.69) is 4.74 Å². The van der Waals surface area contributed by atoms with Crippen molar-refractivity contribution in [2.75, 3.05) is 26.2 Å². The monoisotopic (exact) mass is 320 g/mol. The van der Waals surface area contributed by atoms with Gasteiger partial charge >= 0.3 is 5.97 Å². The molecule has 0 amide bonds. The SMILES string of the molecule is COC(=O)/C(C)=C/C[C@@H](O)[C@@H](CCCCCl)C1OCCO1. The van der Waals surface area contributed by atoms with Gasteiger partial charge in [0, 0.05) is 17.4 Å². The van der Waals surface area contributed by atoms with Crippen molar-refractivity contribution in [3.63, 3.8) is 0 Å². The van der Waals surface area contributed by atoms with Crippen LogP contribution in [0.1, 0.15) is 32.6 Å². The number of hydrogen-bond donors (Lipinski definition) is 1.